The number of piperazine rings is 1. The maximum atomic E-state index is 11.9. The maximum absolute atomic E-state index is 11.9. The van der Waals surface area contributed by atoms with Crippen LogP contribution in [0, 0.1) is 0 Å². The molecule has 112 valence electrons. The third kappa shape index (κ3) is 5.89. The fourth-order valence-corrected chi connectivity index (χ4v) is 2.42. The number of carbonyl (C=O) groups is 1. The number of unbranched alkanes of at least 4 members (excludes halogenated alkanes) is 1. The summed E-state index contributed by atoms with van der Waals surface area (Å²) in [5.74, 6) is 0.165. The lowest BCUT2D eigenvalue weighted by Crippen LogP contribution is -2.54. The van der Waals surface area contributed by atoms with Crippen molar-refractivity contribution < 1.29 is 4.79 Å². The highest BCUT2D eigenvalue weighted by Crippen LogP contribution is 2.07. The fourth-order valence-electron chi connectivity index (χ4n) is 2.42. The van der Waals surface area contributed by atoms with Gasteiger partial charge in [0.1, 0.15) is 0 Å². The SMILES string of the molecule is CCCNC(=O)C(C)N1CCN(CCCCN)CC1. The number of hydrogen-bond acceptors (Lipinski definition) is 4. The highest BCUT2D eigenvalue weighted by atomic mass is 16.2. The van der Waals surface area contributed by atoms with Crippen molar-refractivity contribution >= 4 is 5.91 Å². The normalized spacial score (nSPS) is 19.3. The van der Waals surface area contributed by atoms with Gasteiger partial charge in [-0.15, -0.1) is 0 Å². The van der Waals surface area contributed by atoms with Gasteiger partial charge in [-0.3, -0.25) is 9.69 Å². The van der Waals surface area contributed by atoms with Gasteiger partial charge in [0.15, 0.2) is 0 Å². The van der Waals surface area contributed by atoms with E-state index in [2.05, 4.69) is 22.0 Å². The van der Waals surface area contributed by atoms with Crippen LogP contribution < -0.4 is 11.1 Å². The van der Waals surface area contributed by atoms with E-state index in [0.29, 0.717) is 0 Å². The van der Waals surface area contributed by atoms with Gasteiger partial charge in [0.2, 0.25) is 5.91 Å². The number of nitrogens with one attached hydrogen (secondary N) is 1. The van der Waals surface area contributed by atoms with Gasteiger partial charge in [-0.05, 0) is 39.3 Å². The van der Waals surface area contributed by atoms with Gasteiger partial charge in [-0.1, -0.05) is 6.92 Å². The van der Waals surface area contributed by atoms with Crippen molar-refractivity contribution in [3.05, 3.63) is 0 Å². The highest BCUT2D eigenvalue weighted by Gasteiger charge is 2.24. The summed E-state index contributed by atoms with van der Waals surface area (Å²) in [6.07, 6.45) is 3.28. The van der Waals surface area contributed by atoms with Gasteiger partial charge in [-0.2, -0.15) is 0 Å². The topological polar surface area (TPSA) is 61.6 Å². The average molecular weight is 270 g/mol. The van der Waals surface area contributed by atoms with Crippen LogP contribution in [0.15, 0.2) is 0 Å². The van der Waals surface area contributed by atoms with Crippen molar-refractivity contribution in [2.24, 2.45) is 5.73 Å². The van der Waals surface area contributed by atoms with E-state index in [1.807, 2.05) is 6.92 Å². The van der Waals surface area contributed by atoms with Crippen LogP contribution in [0.3, 0.4) is 0 Å². The molecule has 1 saturated heterocycles. The van der Waals surface area contributed by atoms with Crippen LogP contribution in [-0.4, -0.2) is 67.6 Å². The van der Waals surface area contributed by atoms with Crippen LogP contribution in [0.4, 0.5) is 0 Å². The molecule has 3 N–H and O–H groups in total. The molecule has 5 nitrogen and oxygen atoms in total. The van der Waals surface area contributed by atoms with E-state index in [1.165, 1.54) is 6.42 Å². The largest absolute Gasteiger partial charge is 0.355 e. The van der Waals surface area contributed by atoms with E-state index < -0.39 is 0 Å². The molecule has 0 aliphatic carbocycles. The summed E-state index contributed by atoms with van der Waals surface area (Å²) in [7, 11) is 0. The molecule has 1 atom stereocenters. The van der Waals surface area contributed by atoms with Gasteiger partial charge in [0.25, 0.3) is 0 Å². The standard InChI is InChI=1S/C14H30N4O/c1-3-7-16-14(19)13(2)18-11-9-17(10-12-18)8-5-4-6-15/h13H,3-12,15H2,1-2H3,(H,16,19). The van der Waals surface area contributed by atoms with Crippen molar-refractivity contribution in [3.8, 4) is 0 Å². The lowest BCUT2D eigenvalue weighted by molar-refractivity contribution is -0.126. The van der Waals surface area contributed by atoms with Crippen molar-refractivity contribution in [2.45, 2.75) is 39.2 Å². The van der Waals surface area contributed by atoms with Crippen LogP contribution in [0.25, 0.3) is 0 Å². The van der Waals surface area contributed by atoms with Gasteiger partial charge in [0, 0.05) is 32.7 Å². The summed E-state index contributed by atoms with van der Waals surface area (Å²) in [6.45, 7) is 10.9. The first kappa shape index (κ1) is 16.4. The Labute approximate surface area is 117 Å². The Bertz CT molecular complexity index is 252. The molecule has 1 fully saturated rings. The summed E-state index contributed by atoms with van der Waals surface area (Å²) in [6, 6.07) is -0.00209. The zero-order valence-corrected chi connectivity index (χ0v) is 12.5. The zero-order chi connectivity index (χ0) is 14.1. The summed E-state index contributed by atoms with van der Waals surface area (Å²) < 4.78 is 0. The summed E-state index contributed by atoms with van der Waals surface area (Å²) in [5, 5.41) is 2.97. The molecule has 1 unspecified atom stereocenters. The van der Waals surface area contributed by atoms with E-state index >= 15 is 0 Å². The number of amides is 1. The molecule has 19 heavy (non-hydrogen) atoms. The van der Waals surface area contributed by atoms with Crippen molar-refractivity contribution in [1.29, 1.82) is 0 Å². The first-order chi connectivity index (χ1) is 9.19. The first-order valence-electron chi connectivity index (χ1n) is 7.63. The molecular weight excluding hydrogens is 240 g/mol. The molecule has 0 bridgehead atoms. The Morgan fingerprint density at radius 2 is 1.95 bits per heavy atom. The van der Waals surface area contributed by atoms with E-state index in [0.717, 1.165) is 58.7 Å². The van der Waals surface area contributed by atoms with Gasteiger partial charge in [0.05, 0.1) is 6.04 Å². The molecule has 0 saturated carbocycles. The summed E-state index contributed by atoms with van der Waals surface area (Å²) in [5.41, 5.74) is 5.51. The minimum absolute atomic E-state index is 0.00209. The molecule has 1 heterocycles. The second-order valence-corrected chi connectivity index (χ2v) is 5.34. The molecule has 1 rings (SSSR count). The van der Waals surface area contributed by atoms with Crippen molar-refractivity contribution in [1.82, 2.24) is 15.1 Å². The van der Waals surface area contributed by atoms with Gasteiger partial charge < -0.3 is 16.0 Å². The number of hydrogen-bond donors (Lipinski definition) is 2. The third-order valence-corrected chi connectivity index (χ3v) is 3.81. The summed E-state index contributed by atoms with van der Waals surface area (Å²) >= 11 is 0. The minimum atomic E-state index is -0.00209. The van der Waals surface area contributed by atoms with Crippen molar-refractivity contribution in [2.75, 3.05) is 45.8 Å². The van der Waals surface area contributed by atoms with Crippen LogP contribution in [0.1, 0.15) is 33.1 Å². The van der Waals surface area contributed by atoms with Crippen LogP contribution in [0.2, 0.25) is 0 Å². The van der Waals surface area contributed by atoms with Crippen molar-refractivity contribution in [3.63, 3.8) is 0 Å². The maximum Gasteiger partial charge on any atom is 0.237 e. The smallest absolute Gasteiger partial charge is 0.237 e. The lowest BCUT2D eigenvalue weighted by atomic mass is 10.2. The number of nitrogens with two attached hydrogens (primary N) is 1. The number of nitrogens with zero attached hydrogens (tertiary/aromatic N) is 2. The summed E-state index contributed by atoms with van der Waals surface area (Å²) in [4.78, 5) is 16.7. The fraction of sp³-hybridized carbons (Fsp3) is 0.929. The molecule has 1 amide bonds. The number of carbonyl (C=O) groups excluding carboxylic acids is 1. The van der Waals surface area contributed by atoms with E-state index in [1.54, 1.807) is 0 Å². The van der Waals surface area contributed by atoms with Crippen LogP contribution in [0.5, 0.6) is 0 Å². The molecule has 0 radical (unpaired) electrons. The molecule has 0 aromatic carbocycles. The quantitative estimate of drug-likeness (QED) is 0.621. The molecule has 5 heteroatoms. The Hall–Kier alpha value is -0.650. The predicted octanol–water partition coefficient (Wildman–Crippen LogP) is 0.258. The molecular formula is C14H30N4O. The van der Waals surface area contributed by atoms with Gasteiger partial charge in [-0.25, -0.2) is 0 Å². The zero-order valence-electron chi connectivity index (χ0n) is 12.5. The molecule has 0 aromatic rings. The number of rotatable bonds is 8. The predicted molar refractivity (Wildman–Crippen MR) is 79.1 cm³/mol. The Kier molecular flexibility index (Phi) is 8.02. The Morgan fingerprint density at radius 3 is 2.53 bits per heavy atom. The van der Waals surface area contributed by atoms with E-state index in [9.17, 15) is 4.79 Å². The van der Waals surface area contributed by atoms with E-state index in [4.69, 9.17) is 5.73 Å². The highest BCUT2D eigenvalue weighted by molar-refractivity contribution is 5.81. The van der Waals surface area contributed by atoms with Gasteiger partial charge >= 0.3 is 0 Å². The molecule has 0 spiro atoms. The monoisotopic (exact) mass is 270 g/mol. The van der Waals surface area contributed by atoms with Crippen LogP contribution >= 0.6 is 0 Å². The first-order valence-corrected chi connectivity index (χ1v) is 7.63. The Morgan fingerprint density at radius 1 is 1.26 bits per heavy atom. The second kappa shape index (κ2) is 9.28. The average Bonchev–Trinajstić information content (AvgIpc) is 2.45. The molecule has 1 aliphatic heterocycles. The minimum Gasteiger partial charge on any atom is -0.355 e. The second-order valence-electron chi connectivity index (χ2n) is 5.34. The lowest BCUT2D eigenvalue weighted by Gasteiger charge is -2.37. The Balaban J connectivity index is 2.22. The van der Waals surface area contributed by atoms with Crippen LogP contribution in [-0.2, 0) is 4.79 Å². The molecule has 0 aromatic heterocycles. The van der Waals surface area contributed by atoms with E-state index in [-0.39, 0.29) is 11.9 Å². The molecule has 1 aliphatic rings. The third-order valence-electron chi connectivity index (χ3n) is 3.81.